The molecule has 0 saturated heterocycles. The zero-order valence-corrected chi connectivity index (χ0v) is 15.7. The number of nitrogens with two attached hydrogens (primary N) is 3. The Morgan fingerprint density at radius 3 is 1.20 bits per heavy atom. The second-order valence-corrected chi connectivity index (χ2v) is 5.72. The summed E-state index contributed by atoms with van der Waals surface area (Å²) >= 11 is 0. The maximum absolute atomic E-state index is 10.4. The molecule has 0 aliphatic carbocycles. The van der Waals surface area contributed by atoms with Crippen LogP contribution in [0.25, 0.3) is 0 Å². The van der Waals surface area contributed by atoms with E-state index >= 15 is 0 Å². The van der Waals surface area contributed by atoms with Gasteiger partial charge in [-0.2, -0.15) is 0 Å². The number of carboxylic acids is 5. The van der Waals surface area contributed by atoms with E-state index in [0.717, 1.165) is 5.56 Å². The molecule has 0 aliphatic rings. The normalized spacial score (nSPS) is 12.5. The number of aliphatic carboxylic acids is 5. The van der Waals surface area contributed by atoms with Crippen LogP contribution in [0.5, 0.6) is 0 Å². The van der Waals surface area contributed by atoms with E-state index in [1.165, 1.54) is 0 Å². The van der Waals surface area contributed by atoms with E-state index in [1.54, 1.807) is 0 Å². The highest BCUT2D eigenvalue weighted by Crippen LogP contribution is 2.01. The van der Waals surface area contributed by atoms with Crippen molar-refractivity contribution in [3.8, 4) is 0 Å². The highest BCUT2D eigenvalue weighted by atomic mass is 16.4. The van der Waals surface area contributed by atoms with Gasteiger partial charge in [0, 0.05) is 0 Å². The minimum absolute atomic E-state index is 0.385. The standard InChI is InChI=1S/C9H11NO2.2C4H7NO4/c10-8(9(11)12)6-7-4-2-1-3-5-7;2*5-2(4(8)9)1-3(6)7/h1-5,8H,6,10H2,(H,11,12);2*2H,1,5H2,(H,6,7)(H,8,9)/t8-;2*2-/m000/s1. The summed E-state index contributed by atoms with van der Waals surface area (Å²) in [4.78, 5) is 49.6. The molecule has 0 spiro atoms. The molecule has 1 rings (SSSR count). The molecule has 0 amide bonds. The molecule has 1 aromatic rings. The maximum atomic E-state index is 10.4. The second kappa shape index (κ2) is 15.4. The zero-order valence-electron chi connectivity index (χ0n) is 15.7. The van der Waals surface area contributed by atoms with Crippen molar-refractivity contribution in [1.82, 2.24) is 0 Å². The van der Waals surface area contributed by atoms with Gasteiger partial charge in [0.1, 0.15) is 18.1 Å². The molecule has 30 heavy (non-hydrogen) atoms. The molecule has 0 radical (unpaired) electrons. The number of rotatable bonds is 9. The summed E-state index contributed by atoms with van der Waals surface area (Å²) in [5.74, 6) is -5.96. The van der Waals surface area contributed by atoms with Crippen LogP contribution < -0.4 is 17.2 Å². The van der Waals surface area contributed by atoms with Crippen LogP contribution in [0.3, 0.4) is 0 Å². The molecule has 0 unspecified atom stereocenters. The second-order valence-electron chi connectivity index (χ2n) is 5.72. The Kier molecular flexibility index (Phi) is 14.7. The van der Waals surface area contributed by atoms with Gasteiger partial charge in [0.05, 0.1) is 12.8 Å². The van der Waals surface area contributed by atoms with Crippen molar-refractivity contribution in [1.29, 1.82) is 0 Å². The Hall–Kier alpha value is -3.55. The van der Waals surface area contributed by atoms with Crippen molar-refractivity contribution in [2.45, 2.75) is 37.4 Å². The lowest BCUT2D eigenvalue weighted by atomic mass is 10.1. The third-order valence-corrected chi connectivity index (χ3v) is 3.04. The van der Waals surface area contributed by atoms with Crippen LogP contribution in [-0.4, -0.2) is 73.5 Å². The molecular formula is C17H25N3O10. The summed E-state index contributed by atoms with van der Waals surface area (Å²) in [5.41, 5.74) is 16.0. The molecule has 0 aromatic heterocycles. The summed E-state index contributed by atoms with van der Waals surface area (Å²) in [7, 11) is 0. The van der Waals surface area contributed by atoms with Crippen LogP contribution in [0.4, 0.5) is 0 Å². The molecule has 168 valence electrons. The fraction of sp³-hybridized carbons (Fsp3) is 0.353. The summed E-state index contributed by atoms with van der Waals surface area (Å²) in [6, 6.07) is 5.97. The van der Waals surface area contributed by atoms with Gasteiger partial charge in [-0.15, -0.1) is 0 Å². The van der Waals surface area contributed by atoms with Crippen molar-refractivity contribution in [3.63, 3.8) is 0 Å². The van der Waals surface area contributed by atoms with E-state index in [2.05, 4.69) is 0 Å². The van der Waals surface area contributed by atoms with Crippen LogP contribution in [0.15, 0.2) is 30.3 Å². The Morgan fingerprint density at radius 2 is 0.967 bits per heavy atom. The Morgan fingerprint density at radius 1 is 0.633 bits per heavy atom. The largest absolute Gasteiger partial charge is 0.481 e. The van der Waals surface area contributed by atoms with Crippen molar-refractivity contribution < 1.29 is 49.5 Å². The minimum Gasteiger partial charge on any atom is -0.481 e. The van der Waals surface area contributed by atoms with Gasteiger partial charge in [0.25, 0.3) is 0 Å². The lowest BCUT2D eigenvalue weighted by Gasteiger charge is -2.04. The first-order valence-corrected chi connectivity index (χ1v) is 8.20. The van der Waals surface area contributed by atoms with Crippen LogP contribution >= 0.6 is 0 Å². The molecule has 11 N–H and O–H groups in total. The number of hydrogen-bond acceptors (Lipinski definition) is 8. The molecule has 0 saturated carbocycles. The van der Waals surface area contributed by atoms with Gasteiger partial charge in [0.2, 0.25) is 0 Å². The highest BCUT2D eigenvalue weighted by molar-refractivity contribution is 5.80. The lowest BCUT2D eigenvalue weighted by molar-refractivity contribution is -0.144. The van der Waals surface area contributed by atoms with Gasteiger partial charge >= 0.3 is 29.8 Å². The Labute approximate surface area is 170 Å². The van der Waals surface area contributed by atoms with Crippen LogP contribution in [-0.2, 0) is 30.4 Å². The summed E-state index contributed by atoms with van der Waals surface area (Å²) in [5, 5.41) is 40.6. The first-order chi connectivity index (χ1) is 13.8. The number of carbonyl (C=O) groups is 5. The third kappa shape index (κ3) is 16.6. The Bertz CT molecular complexity index is 679. The van der Waals surface area contributed by atoms with Gasteiger partial charge in [-0.1, -0.05) is 30.3 Å². The van der Waals surface area contributed by atoms with Crippen LogP contribution in [0.1, 0.15) is 18.4 Å². The topological polar surface area (TPSA) is 265 Å². The molecule has 1 aromatic carbocycles. The first kappa shape index (κ1) is 28.7. The molecule has 13 nitrogen and oxygen atoms in total. The van der Waals surface area contributed by atoms with Crippen molar-refractivity contribution >= 4 is 29.8 Å². The first-order valence-electron chi connectivity index (χ1n) is 8.20. The average Bonchev–Trinajstić information content (AvgIpc) is 2.62. The van der Waals surface area contributed by atoms with Crippen LogP contribution in [0.2, 0.25) is 0 Å². The van der Waals surface area contributed by atoms with Gasteiger partial charge in [-0.25, -0.2) is 0 Å². The molecule has 0 heterocycles. The molecular weight excluding hydrogens is 406 g/mol. The van der Waals surface area contributed by atoms with E-state index in [4.69, 9.17) is 42.7 Å². The van der Waals surface area contributed by atoms with Crippen LogP contribution in [0, 0.1) is 0 Å². The van der Waals surface area contributed by atoms with Gasteiger partial charge < -0.3 is 42.7 Å². The number of benzene rings is 1. The Balaban J connectivity index is 0. The highest BCUT2D eigenvalue weighted by Gasteiger charge is 2.15. The SMILES string of the molecule is N[C@@H](CC(=O)O)C(=O)O.N[C@@H](CC(=O)O)C(=O)O.N[C@@H](Cc1ccccc1)C(=O)O. The summed E-state index contributed by atoms with van der Waals surface area (Å²) in [6.45, 7) is 0. The van der Waals surface area contributed by atoms with Crippen molar-refractivity contribution in [2.75, 3.05) is 0 Å². The predicted molar refractivity (Wildman–Crippen MR) is 101 cm³/mol. The van der Waals surface area contributed by atoms with Gasteiger partial charge in [-0.05, 0) is 12.0 Å². The third-order valence-electron chi connectivity index (χ3n) is 3.04. The molecule has 0 bridgehead atoms. The predicted octanol–water partition coefficient (Wildman–Crippen LogP) is -1.61. The number of carboxylic acid groups (broad SMARTS) is 5. The molecule has 0 fully saturated rings. The fourth-order valence-electron chi connectivity index (χ4n) is 1.51. The average molecular weight is 431 g/mol. The van der Waals surface area contributed by atoms with E-state index in [1.807, 2.05) is 30.3 Å². The monoisotopic (exact) mass is 431 g/mol. The summed E-state index contributed by atoms with van der Waals surface area (Å²) < 4.78 is 0. The maximum Gasteiger partial charge on any atom is 0.321 e. The van der Waals surface area contributed by atoms with Crippen molar-refractivity contribution in [2.24, 2.45) is 17.2 Å². The number of hydrogen-bond donors (Lipinski definition) is 8. The van der Waals surface area contributed by atoms with E-state index in [9.17, 15) is 24.0 Å². The van der Waals surface area contributed by atoms with E-state index in [-0.39, 0.29) is 0 Å². The van der Waals surface area contributed by atoms with E-state index < -0.39 is 60.8 Å². The van der Waals surface area contributed by atoms with E-state index in [0.29, 0.717) is 6.42 Å². The zero-order chi connectivity index (χ0) is 23.9. The van der Waals surface area contributed by atoms with Gasteiger partial charge in [0.15, 0.2) is 0 Å². The van der Waals surface area contributed by atoms with Gasteiger partial charge in [-0.3, -0.25) is 24.0 Å². The quantitative estimate of drug-likeness (QED) is 0.219. The van der Waals surface area contributed by atoms with Crippen molar-refractivity contribution in [3.05, 3.63) is 35.9 Å². The minimum atomic E-state index is -1.29. The smallest absolute Gasteiger partial charge is 0.321 e. The molecule has 0 aliphatic heterocycles. The fourth-order valence-corrected chi connectivity index (χ4v) is 1.51. The molecule has 13 heteroatoms. The lowest BCUT2D eigenvalue weighted by Crippen LogP contribution is -2.32. The summed E-state index contributed by atoms with van der Waals surface area (Å²) in [6.07, 6.45) is -0.680. The molecule has 3 atom stereocenters.